The van der Waals surface area contributed by atoms with Gasteiger partial charge in [0.25, 0.3) is 0 Å². The number of ketones is 1. The summed E-state index contributed by atoms with van der Waals surface area (Å²) in [7, 11) is 1.62. The first kappa shape index (κ1) is 17.6. The van der Waals surface area contributed by atoms with Gasteiger partial charge in [0.2, 0.25) is 0 Å². The highest BCUT2D eigenvalue weighted by atomic mass is 35.5. The SMILES string of the molecule is CCCC[C@H](CC(=O)c1ccc(OC)cc1)c1ccc(Cl)cc1. The van der Waals surface area contributed by atoms with Gasteiger partial charge >= 0.3 is 0 Å². The molecule has 0 saturated heterocycles. The third-order valence-corrected chi connectivity index (χ3v) is 4.34. The van der Waals surface area contributed by atoms with E-state index in [0.717, 1.165) is 35.6 Å². The molecule has 0 aromatic heterocycles. The molecule has 0 radical (unpaired) electrons. The van der Waals surface area contributed by atoms with Gasteiger partial charge < -0.3 is 4.74 Å². The van der Waals surface area contributed by atoms with E-state index in [4.69, 9.17) is 16.3 Å². The Morgan fingerprint density at radius 3 is 2.30 bits per heavy atom. The standard InChI is InChI=1S/C20H23ClO2/c1-3-4-5-17(15-6-10-18(21)11-7-15)14-20(22)16-8-12-19(23-2)13-9-16/h6-13,17H,3-5,14H2,1-2H3/t17-/m1/s1. The van der Waals surface area contributed by atoms with Crippen LogP contribution < -0.4 is 4.74 Å². The smallest absolute Gasteiger partial charge is 0.163 e. The molecule has 0 bridgehead atoms. The molecular weight excluding hydrogens is 308 g/mol. The Labute approximate surface area is 143 Å². The number of ether oxygens (including phenoxy) is 1. The molecule has 0 aliphatic rings. The molecule has 3 heteroatoms. The first-order valence-corrected chi connectivity index (χ1v) is 8.44. The van der Waals surface area contributed by atoms with Gasteiger partial charge in [0.15, 0.2) is 5.78 Å². The van der Waals surface area contributed by atoms with Crippen molar-refractivity contribution in [1.29, 1.82) is 0 Å². The maximum Gasteiger partial charge on any atom is 0.163 e. The van der Waals surface area contributed by atoms with E-state index in [1.807, 2.05) is 48.5 Å². The summed E-state index contributed by atoms with van der Waals surface area (Å²) < 4.78 is 5.14. The largest absolute Gasteiger partial charge is 0.497 e. The van der Waals surface area contributed by atoms with Crippen LogP contribution in [0.25, 0.3) is 0 Å². The highest BCUT2D eigenvalue weighted by molar-refractivity contribution is 6.30. The van der Waals surface area contributed by atoms with Crippen molar-refractivity contribution in [3.05, 3.63) is 64.7 Å². The molecule has 0 aliphatic carbocycles. The zero-order valence-electron chi connectivity index (χ0n) is 13.7. The fourth-order valence-electron chi connectivity index (χ4n) is 2.69. The molecule has 0 aliphatic heterocycles. The Morgan fingerprint density at radius 1 is 1.09 bits per heavy atom. The van der Waals surface area contributed by atoms with Gasteiger partial charge in [-0.3, -0.25) is 4.79 Å². The van der Waals surface area contributed by atoms with Crippen molar-refractivity contribution >= 4 is 17.4 Å². The van der Waals surface area contributed by atoms with Crippen LogP contribution in [0.2, 0.25) is 5.02 Å². The quantitative estimate of drug-likeness (QED) is 0.563. The molecule has 0 heterocycles. The Morgan fingerprint density at radius 2 is 1.74 bits per heavy atom. The van der Waals surface area contributed by atoms with Crippen molar-refractivity contribution in [2.75, 3.05) is 7.11 Å². The van der Waals surface area contributed by atoms with Crippen molar-refractivity contribution in [2.45, 2.75) is 38.5 Å². The molecule has 122 valence electrons. The average Bonchev–Trinajstić information content (AvgIpc) is 2.59. The van der Waals surface area contributed by atoms with Gasteiger partial charge in [-0.1, -0.05) is 43.5 Å². The predicted molar refractivity (Wildman–Crippen MR) is 95.7 cm³/mol. The zero-order chi connectivity index (χ0) is 16.7. The van der Waals surface area contributed by atoms with Crippen LogP contribution in [-0.4, -0.2) is 12.9 Å². The molecule has 23 heavy (non-hydrogen) atoms. The molecule has 2 nitrogen and oxygen atoms in total. The first-order chi connectivity index (χ1) is 11.1. The van der Waals surface area contributed by atoms with Crippen molar-refractivity contribution in [2.24, 2.45) is 0 Å². The summed E-state index contributed by atoms with van der Waals surface area (Å²) >= 11 is 5.97. The summed E-state index contributed by atoms with van der Waals surface area (Å²) in [6, 6.07) is 15.2. The van der Waals surface area contributed by atoms with Gasteiger partial charge in [0, 0.05) is 17.0 Å². The second-order valence-electron chi connectivity index (χ2n) is 5.75. The summed E-state index contributed by atoms with van der Waals surface area (Å²) in [5, 5.41) is 0.726. The number of hydrogen-bond acceptors (Lipinski definition) is 2. The van der Waals surface area contributed by atoms with Crippen LogP contribution in [0.5, 0.6) is 5.75 Å². The first-order valence-electron chi connectivity index (χ1n) is 8.06. The van der Waals surface area contributed by atoms with Crippen molar-refractivity contribution < 1.29 is 9.53 Å². The summed E-state index contributed by atoms with van der Waals surface area (Å²) in [6.07, 6.45) is 3.78. The molecule has 0 amide bonds. The third-order valence-electron chi connectivity index (χ3n) is 4.09. The zero-order valence-corrected chi connectivity index (χ0v) is 14.5. The minimum atomic E-state index is 0.170. The van der Waals surface area contributed by atoms with Gasteiger partial charge in [-0.25, -0.2) is 0 Å². The molecule has 0 spiro atoms. The number of unbranched alkanes of at least 4 members (excludes halogenated alkanes) is 1. The van der Waals surface area contributed by atoms with Crippen LogP contribution >= 0.6 is 11.6 Å². The summed E-state index contributed by atoms with van der Waals surface area (Å²) in [5.41, 5.74) is 1.92. The highest BCUT2D eigenvalue weighted by Crippen LogP contribution is 2.28. The van der Waals surface area contributed by atoms with Crippen LogP contribution in [0, 0.1) is 0 Å². The van der Waals surface area contributed by atoms with Gasteiger partial charge in [0.1, 0.15) is 5.75 Å². The van der Waals surface area contributed by atoms with E-state index in [1.165, 1.54) is 5.56 Å². The van der Waals surface area contributed by atoms with Gasteiger partial charge in [-0.2, -0.15) is 0 Å². The van der Waals surface area contributed by atoms with Crippen LogP contribution in [0.15, 0.2) is 48.5 Å². The van der Waals surface area contributed by atoms with Crippen molar-refractivity contribution in [3.8, 4) is 5.75 Å². The number of benzene rings is 2. The van der Waals surface area contributed by atoms with Gasteiger partial charge in [-0.15, -0.1) is 0 Å². The van der Waals surface area contributed by atoms with E-state index in [9.17, 15) is 4.79 Å². The maximum atomic E-state index is 12.6. The number of methoxy groups -OCH3 is 1. The molecule has 0 fully saturated rings. The number of carbonyl (C=O) groups is 1. The monoisotopic (exact) mass is 330 g/mol. The minimum absolute atomic E-state index is 0.170. The Bertz CT molecular complexity index is 617. The number of rotatable bonds is 8. The second-order valence-corrected chi connectivity index (χ2v) is 6.18. The van der Waals surface area contributed by atoms with E-state index >= 15 is 0 Å². The Hall–Kier alpha value is -1.80. The lowest BCUT2D eigenvalue weighted by molar-refractivity contribution is 0.0972. The second kappa shape index (κ2) is 8.73. The molecule has 2 aromatic rings. The summed E-state index contributed by atoms with van der Waals surface area (Å²) in [5.74, 6) is 1.17. The van der Waals surface area contributed by atoms with E-state index in [-0.39, 0.29) is 11.7 Å². The van der Waals surface area contributed by atoms with E-state index in [2.05, 4.69) is 6.92 Å². The molecule has 0 saturated carbocycles. The van der Waals surface area contributed by atoms with E-state index in [1.54, 1.807) is 7.11 Å². The summed E-state index contributed by atoms with van der Waals surface area (Å²) in [4.78, 5) is 12.6. The van der Waals surface area contributed by atoms with E-state index < -0.39 is 0 Å². The van der Waals surface area contributed by atoms with Crippen LogP contribution in [0.3, 0.4) is 0 Å². The van der Waals surface area contributed by atoms with Gasteiger partial charge in [0.05, 0.1) is 7.11 Å². The topological polar surface area (TPSA) is 26.3 Å². The molecule has 2 rings (SSSR count). The lowest BCUT2D eigenvalue weighted by Crippen LogP contribution is -2.08. The summed E-state index contributed by atoms with van der Waals surface area (Å²) in [6.45, 7) is 2.17. The lowest BCUT2D eigenvalue weighted by atomic mass is 9.87. The molecule has 0 unspecified atom stereocenters. The molecule has 2 aromatic carbocycles. The highest BCUT2D eigenvalue weighted by Gasteiger charge is 2.17. The number of Topliss-reactive ketones (excluding diaryl/α,β-unsaturated/α-hetero) is 1. The third kappa shape index (κ3) is 5.11. The van der Waals surface area contributed by atoms with Crippen LogP contribution in [0.1, 0.15) is 54.4 Å². The average molecular weight is 331 g/mol. The van der Waals surface area contributed by atoms with Crippen molar-refractivity contribution in [1.82, 2.24) is 0 Å². The molecular formula is C20H23ClO2. The molecule has 0 N–H and O–H groups in total. The molecule has 1 atom stereocenters. The minimum Gasteiger partial charge on any atom is -0.497 e. The van der Waals surface area contributed by atoms with Crippen LogP contribution in [0.4, 0.5) is 0 Å². The van der Waals surface area contributed by atoms with Gasteiger partial charge in [-0.05, 0) is 54.3 Å². The fourth-order valence-corrected chi connectivity index (χ4v) is 2.82. The number of carbonyl (C=O) groups excluding carboxylic acids is 1. The maximum absolute atomic E-state index is 12.6. The number of halogens is 1. The normalized spacial score (nSPS) is 12.0. The Balaban J connectivity index is 2.12. The lowest BCUT2D eigenvalue weighted by Gasteiger charge is -2.17. The van der Waals surface area contributed by atoms with E-state index in [0.29, 0.717) is 6.42 Å². The fraction of sp³-hybridized carbons (Fsp3) is 0.350. The predicted octanol–water partition coefficient (Wildman–Crippen LogP) is 5.90. The Kier molecular flexibility index (Phi) is 6.66. The number of hydrogen-bond donors (Lipinski definition) is 0. The van der Waals surface area contributed by atoms with Crippen LogP contribution in [-0.2, 0) is 0 Å². The van der Waals surface area contributed by atoms with Crippen molar-refractivity contribution in [3.63, 3.8) is 0 Å².